The van der Waals surface area contributed by atoms with Gasteiger partial charge in [-0.3, -0.25) is 0 Å². The molecule has 2 nitrogen and oxygen atoms in total. The summed E-state index contributed by atoms with van der Waals surface area (Å²) in [6.07, 6.45) is 0. The lowest BCUT2D eigenvalue weighted by atomic mass is 10.1. The Morgan fingerprint density at radius 1 is 1.21 bits per heavy atom. The molecular weight excluding hydrogens is 307 g/mol. The van der Waals surface area contributed by atoms with Gasteiger partial charge in [-0.25, -0.2) is 4.39 Å². The van der Waals surface area contributed by atoms with Crippen molar-refractivity contribution in [2.75, 3.05) is 23.3 Å². The molecule has 1 N–H and O–H groups in total. The van der Waals surface area contributed by atoms with E-state index in [9.17, 15) is 4.39 Å². The predicted octanol–water partition coefficient (Wildman–Crippen LogP) is 4.02. The van der Waals surface area contributed by atoms with Crippen molar-refractivity contribution in [3.63, 3.8) is 0 Å². The number of para-hydroxylation sites is 2. The highest BCUT2D eigenvalue weighted by atomic mass is 79.9. The maximum absolute atomic E-state index is 13.9. The number of fused-ring (bicyclic) bond motifs is 1. The van der Waals surface area contributed by atoms with Crippen LogP contribution in [0.3, 0.4) is 0 Å². The van der Waals surface area contributed by atoms with Crippen LogP contribution in [-0.4, -0.2) is 13.1 Å². The van der Waals surface area contributed by atoms with Gasteiger partial charge in [-0.05, 0) is 24.3 Å². The van der Waals surface area contributed by atoms with Gasteiger partial charge in [0.1, 0.15) is 5.82 Å². The van der Waals surface area contributed by atoms with Crippen LogP contribution in [0.5, 0.6) is 0 Å². The number of nitrogens with zero attached hydrogens (tertiary/aromatic N) is 1. The average Bonchev–Trinajstić information content (AvgIpc) is 2.42. The second-order valence-electron chi connectivity index (χ2n) is 4.60. The van der Waals surface area contributed by atoms with E-state index in [0.29, 0.717) is 6.54 Å². The molecule has 0 aromatic heterocycles. The normalized spacial score (nSPS) is 13.9. The monoisotopic (exact) mass is 320 g/mol. The molecule has 0 unspecified atom stereocenters. The Bertz CT molecular complexity index is 600. The molecule has 1 aliphatic rings. The van der Waals surface area contributed by atoms with Gasteiger partial charge in [-0.1, -0.05) is 34.1 Å². The summed E-state index contributed by atoms with van der Waals surface area (Å²) in [5, 5.41) is 3.36. The molecule has 2 aromatic carbocycles. The van der Waals surface area contributed by atoms with Gasteiger partial charge in [-0.2, -0.15) is 0 Å². The molecule has 19 heavy (non-hydrogen) atoms. The van der Waals surface area contributed by atoms with Gasteiger partial charge >= 0.3 is 0 Å². The first-order chi connectivity index (χ1) is 9.24. The van der Waals surface area contributed by atoms with Crippen LogP contribution >= 0.6 is 15.9 Å². The van der Waals surface area contributed by atoms with Crippen molar-refractivity contribution in [1.29, 1.82) is 0 Å². The lowest BCUT2D eigenvalue weighted by Crippen LogP contribution is -2.33. The molecule has 0 saturated heterocycles. The fourth-order valence-electron chi connectivity index (χ4n) is 2.36. The van der Waals surface area contributed by atoms with Crippen molar-refractivity contribution in [3.05, 3.63) is 58.3 Å². The number of anilines is 2. The van der Waals surface area contributed by atoms with Crippen LogP contribution < -0.4 is 10.2 Å². The summed E-state index contributed by atoms with van der Waals surface area (Å²) >= 11 is 3.28. The first-order valence-corrected chi connectivity index (χ1v) is 7.05. The van der Waals surface area contributed by atoms with Crippen molar-refractivity contribution in [2.45, 2.75) is 6.54 Å². The van der Waals surface area contributed by atoms with Crippen LogP contribution in [0.2, 0.25) is 0 Å². The van der Waals surface area contributed by atoms with E-state index in [0.717, 1.165) is 34.5 Å². The van der Waals surface area contributed by atoms with Crippen molar-refractivity contribution >= 4 is 27.3 Å². The molecule has 0 amide bonds. The average molecular weight is 321 g/mol. The van der Waals surface area contributed by atoms with Gasteiger partial charge in [0.05, 0.1) is 11.4 Å². The summed E-state index contributed by atoms with van der Waals surface area (Å²) < 4.78 is 14.7. The molecule has 0 atom stereocenters. The summed E-state index contributed by atoms with van der Waals surface area (Å²) in [6, 6.07) is 13.4. The number of halogens is 2. The predicted molar refractivity (Wildman–Crippen MR) is 80.1 cm³/mol. The van der Waals surface area contributed by atoms with Crippen molar-refractivity contribution < 1.29 is 4.39 Å². The van der Waals surface area contributed by atoms with Crippen LogP contribution in [0.15, 0.2) is 46.9 Å². The molecule has 1 heterocycles. The molecule has 4 heteroatoms. The van der Waals surface area contributed by atoms with Gasteiger partial charge in [-0.15, -0.1) is 0 Å². The molecule has 0 fully saturated rings. The summed E-state index contributed by atoms with van der Waals surface area (Å²) in [7, 11) is 0. The SMILES string of the molecule is Fc1cc(Br)ccc1CN1CCNc2ccccc21. The smallest absolute Gasteiger partial charge is 0.129 e. The van der Waals surface area contributed by atoms with Crippen LogP contribution in [0.25, 0.3) is 0 Å². The molecule has 0 aliphatic carbocycles. The largest absolute Gasteiger partial charge is 0.382 e. The first kappa shape index (κ1) is 12.5. The number of nitrogens with one attached hydrogen (secondary N) is 1. The highest BCUT2D eigenvalue weighted by Crippen LogP contribution is 2.30. The second-order valence-corrected chi connectivity index (χ2v) is 5.52. The molecule has 0 radical (unpaired) electrons. The summed E-state index contributed by atoms with van der Waals surface area (Å²) in [4.78, 5) is 2.21. The van der Waals surface area contributed by atoms with Gasteiger partial charge in [0.2, 0.25) is 0 Å². The second kappa shape index (κ2) is 5.21. The zero-order valence-corrected chi connectivity index (χ0v) is 12.0. The minimum absolute atomic E-state index is 0.162. The minimum Gasteiger partial charge on any atom is -0.382 e. The lowest BCUT2D eigenvalue weighted by Gasteiger charge is -2.32. The fraction of sp³-hybridized carbons (Fsp3) is 0.200. The van der Waals surface area contributed by atoms with Crippen LogP contribution in [0.1, 0.15) is 5.56 Å². The van der Waals surface area contributed by atoms with Gasteiger partial charge in [0.25, 0.3) is 0 Å². The Labute approximate surface area is 120 Å². The molecule has 0 bridgehead atoms. The van der Waals surface area contributed by atoms with E-state index in [1.165, 1.54) is 6.07 Å². The quantitative estimate of drug-likeness (QED) is 0.899. The van der Waals surface area contributed by atoms with E-state index in [1.54, 1.807) is 0 Å². The number of hydrogen-bond donors (Lipinski definition) is 1. The molecule has 0 saturated carbocycles. The zero-order valence-electron chi connectivity index (χ0n) is 10.4. The molecule has 2 aromatic rings. The summed E-state index contributed by atoms with van der Waals surface area (Å²) in [5.41, 5.74) is 2.97. The minimum atomic E-state index is -0.162. The zero-order chi connectivity index (χ0) is 13.2. The summed E-state index contributed by atoms with van der Waals surface area (Å²) in [5.74, 6) is -0.162. The van der Waals surface area contributed by atoms with Gasteiger partial charge < -0.3 is 10.2 Å². The van der Waals surface area contributed by atoms with Crippen LogP contribution in [-0.2, 0) is 6.54 Å². The van der Waals surface area contributed by atoms with Crippen molar-refractivity contribution in [1.82, 2.24) is 0 Å². The molecule has 98 valence electrons. The molecule has 3 rings (SSSR count). The molecular formula is C15H14BrFN2. The third kappa shape index (κ3) is 2.59. The maximum atomic E-state index is 13.9. The fourth-order valence-corrected chi connectivity index (χ4v) is 2.70. The highest BCUT2D eigenvalue weighted by molar-refractivity contribution is 9.10. The first-order valence-electron chi connectivity index (χ1n) is 6.26. The number of hydrogen-bond acceptors (Lipinski definition) is 2. The van der Waals surface area contributed by atoms with E-state index in [1.807, 2.05) is 24.3 Å². The topological polar surface area (TPSA) is 15.3 Å². The van der Waals surface area contributed by atoms with Gasteiger partial charge in [0, 0.05) is 29.7 Å². The third-order valence-electron chi connectivity index (χ3n) is 3.32. The maximum Gasteiger partial charge on any atom is 0.129 e. The van der Waals surface area contributed by atoms with E-state index in [4.69, 9.17) is 0 Å². The Balaban J connectivity index is 1.88. The molecule has 1 aliphatic heterocycles. The van der Waals surface area contributed by atoms with Crippen molar-refractivity contribution in [2.24, 2.45) is 0 Å². The third-order valence-corrected chi connectivity index (χ3v) is 3.81. The van der Waals surface area contributed by atoms with Crippen LogP contribution in [0, 0.1) is 5.82 Å². The Morgan fingerprint density at radius 3 is 2.89 bits per heavy atom. The molecule has 0 spiro atoms. The van der Waals surface area contributed by atoms with E-state index < -0.39 is 0 Å². The Hall–Kier alpha value is -1.55. The number of rotatable bonds is 2. The van der Waals surface area contributed by atoms with Crippen molar-refractivity contribution in [3.8, 4) is 0 Å². The van der Waals surface area contributed by atoms with E-state index >= 15 is 0 Å². The lowest BCUT2D eigenvalue weighted by molar-refractivity contribution is 0.603. The Kier molecular flexibility index (Phi) is 3.42. The highest BCUT2D eigenvalue weighted by Gasteiger charge is 2.17. The standard InChI is InChI=1S/C15H14BrFN2/c16-12-6-5-11(13(17)9-12)10-19-8-7-18-14-3-1-2-4-15(14)19/h1-6,9,18H,7-8,10H2. The van der Waals surface area contributed by atoms with Gasteiger partial charge in [0.15, 0.2) is 0 Å². The Morgan fingerprint density at radius 2 is 2.05 bits per heavy atom. The van der Waals surface area contributed by atoms with Crippen LogP contribution in [0.4, 0.5) is 15.8 Å². The summed E-state index contributed by atoms with van der Waals surface area (Å²) in [6.45, 7) is 2.36. The van der Waals surface area contributed by atoms with E-state index in [2.05, 4.69) is 38.3 Å². The van der Waals surface area contributed by atoms with E-state index in [-0.39, 0.29) is 5.82 Å². The number of benzene rings is 2.